The monoisotopic (exact) mass is 214 g/mol. The zero-order chi connectivity index (χ0) is 11.3. The van der Waals surface area contributed by atoms with Crippen LogP contribution in [0, 0.1) is 0 Å². The van der Waals surface area contributed by atoms with E-state index in [0.717, 1.165) is 25.7 Å². The van der Waals surface area contributed by atoms with Crippen molar-refractivity contribution in [2.45, 2.75) is 57.1 Å². The molecule has 0 heterocycles. The molecule has 1 atom stereocenters. The fourth-order valence-corrected chi connectivity index (χ4v) is 1.77. The molecule has 4 nitrogen and oxygen atoms in total. The van der Waals surface area contributed by atoms with Gasteiger partial charge in [0.15, 0.2) is 0 Å². The van der Waals surface area contributed by atoms with Gasteiger partial charge in [0, 0.05) is 18.5 Å². The number of carbonyl (C=O) groups is 1. The third-order valence-electron chi connectivity index (χ3n) is 3.13. The van der Waals surface area contributed by atoms with E-state index < -0.39 is 0 Å². The molecular weight excluding hydrogens is 192 g/mol. The van der Waals surface area contributed by atoms with Gasteiger partial charge in [-0.15, -0.1) is 0 Å². The highest BCUT2D eigenvalue weighted by molar-refractivity contribution is 5.77. The summed E-state index contributed by atoms with van der Waals surface area (Å²) >= 11 is 0. The number of hydrogen-bond acceptors (Lipinski definition) is 3. The second-order valence-corrected chi connectivity index (χ2v) is 4.59. The Morgan fingerprint density at radius 2 is 2.27 bits per heavy atom. The van der Waals surface area contributed by atoms with E-state index in [1.54, 1.807) is 0 Å². The molecule has 0 saturated heterocycles. The largest absolute Gasteiger partial charge is 0.393 e. The summed E-state index contributed by atoms with van der Waals surface area (Å²) in [5.41, 5.74) is 5.71. The van der Waals surface area contributed by atoms with Gasteiger partial charge in [-0.05, 0) is 32.1 Å². The van der Waals surface area contributed by atoms with E-state index in [4.69, 9.17) is 5.73 Å². The molecule has 1 fully saturated rings. The molecule has 4 heteroatoms. The van der Waals surface area contributed by atoms with Crippen LogP contribution in [0.4, 0.5) is 0 Å². The van der Waals surface area contributed by atoms with Crippen molar-refractivity contribution in [1.82, 2.24) is 5.32 Å². The first kappa shape index (κ1) is 12.5. The molecule has 1 aliphatic carbocycles. The fraction of sp³-hybridized carbons (Fsp3) is 0.909. The maximum Gasteiger partial charge on any atom is 0.221 e. The van der Waals surface area contributed by atoms with Crippen molar-refractivity contribution in [3.63, 3.8) is 0 Å². The van der Waals surface area contributed by atoms with Crippen LogP contribution < -0.4 is 11.1 Å². The Labute approximate surface area is 91.2 Å². The third-order valence-corrected chi connectivity index (χ3v) is 3.13. The minimum Gasteiger partial charge on any atom is -0.393 e. The molecule has 0 aromatic rings. The van der Waals surface area contributed by atoms with Crippen molar-refractivity contribution >= 4 is 5.91 Å². The summed E-state index contributed by atoms with van der Waals surface area (Å²) in [6.07, 6.45) is 4.53. The van der Waals surface area contributed by atoms with E-state index in [2.05, 4.69) is 5.32 Å². The molecule has 0 aromatic heterocycles. The van der Waals surface area contributed by atoms with E-state index >= 15 is 0 Å². The van der Waals surface area contributed by atoms with Gasteiger partial charge < -0.3 is 16.2 Å². The van der Waals surface area contributed by atoms with Crippen molar-refractivity contribution in [2.75, 3.05) is 6.54 Å². The topological polar surface area (TPSA) is 75.3 Å². The van der Waals surface area contributed by atoms with Crippen molar-refractivity contribution in [3.8, 4) is 0 Å². The molecule has 1 saturated carbocycles. The lowest BCUT2D eigenvalue weighted by Crippen LogP contribution is -2.50. The zero-order valence-corrected chi connectivity index (χ0v) is 9.46. The molecular formula is C11H22N2O2. The van der Waals surface area contributed by atoms with Crippen molar-refractivity contribution in [1.29, 1.82) is 0 Å². The molecule has 0 spiro atoms. The number of aliphatic hydroxyl groups is 1. The summed E-state index contributed by atoms with van der Waals surface area (Å²) in [7, 11) is 0. The summed E-state index contributed by atoms with van der Waals surface area (Å²) in [6.45, 7) is 2.47. The SMILES string of the molecule is CCC(O)CCNC(=O)CC1(N)CCC1. The molecule has 15 heavy (non-hydrogen) atoms. The minimum atomic E-state index is -0.305. The smallest absolute Gasteiger partial charge is 0.221 e. The van der Waals surface area contributed by atoms with Gasteiger partial charge in [-0.1, -0.05) is 6.92 Å². The lowest BCUT2D eigenvalue weighted by atomic mass is 9.75. The average Bonchev–Trinajstić information content (AvgIpc) is 2.15. The van der Waals surface area contributed by atoms with Crippen LogP contribution in [0.3, 0.4) is 0 Å². The van der Waals surface area contributed by atoms with E-state index in [9.17, 15) is 9.90 Å². The molecule has 0 aliphatic heterocycles. The van der Waals surface area contributed by atoms with Gasteiger partial charge in [-0.3, -0.25) is 4.79 Å². The highest BCUT2D eigenvalue weighted by Crippen LogP contribution is 2.31. The molecule has 1 unspecified atom stereocenters. The summed E-state index contributed by atoms with van der Waals surface area (Å²) in [6, 6.07) is 0. The lowest BCUT2D eigenvalue weighted by molar-refractivity contribution is -0.123. The van der Waals surface area contributed by atoms with E-state index in [0.29, 0.717) is 19.4 Å². The summed E-state index contributed by atoms with van der Waals surface area (Å²) in [5.74, 6) is 0.0144. The Balaban J connectivity index is 2.08. The molecule has 1 rings (SSSR count). The first-order valence-corrected chi connectivity index (χ1v) is 5.79. The maximum atomic E-state index is 11.4. The second-order valence-electron chi connectivity index (χ2n) is 4.59. The Morgan fingerprint density at radius 1 is 1.60 bits per heavy atom. The zero-order valence-electron chi connectivity index (χ0n) is 9.46. The normalized spacial score (nSPS) is 20.5. The van der Waals surface area contributed by atoms with Gasteiger partial charge >= 0.3 is 0 Å². The quantitative estimate of drug-likeness (QED) is 0.604. The van der Waals surface area contributed by atoms with Crippen molar-refractivity contribution in [3.05, 3.63) is 0 Å². The highest BCUT2D eigenvalue weighted by atomic mass is 16.3. The van der Waals surface area contributed by atoms with Crippen molar-refractivity contribution < 1.29 is 9.90 Å². The first-order valence-electron chi connectivity index (χ1n) is 5.79. The van der Waals surface area contributed by atoms with Crippen molar-refractivity contribution in [2.24, 2.45) is 5.73 Å². The third kappa shape index (κ3) is 4.18. The number of amides is 1. The standard InChI is InChI=1S/C11H22N2O2/c1-2-9(14)4-7-13-10(15)8-11(12)5-3-6-11/h9,14H,2-8,12H2,1H3,(H,13,15). The van der Waals surface area contributed by atoms with Gasteiger partial charge in [0.1, 0.15) is 0 Å². The molecule has 88 valence electrons. The average molecular weight is 214 g/mol. The molecule has 0 bridgehead atoms. The summed E-state index contributed by atoms with van der Waals surface area (Å²) in [4.78, 5) is 11.4. The van der Waals surface area contributed by atoms with Crippen LogP contribution in [0.1, 0.15) is 45.4 Å². The maximum absolute atomic E-state index is 11.4. The van der Waals surface area contributed by atoms with Gasteiger partial charge in [-0.2, -0.15) is 0 Å². The summed E-state index contributed by atoms with van der Waals surface area (Å²) in [5, 5.41) is 12.1. The molecule has 0 aromatic carbocycles. The predicted octanol–water partition coefficient (Wildman–Crippen LogP) is 0.535. The van der Waals surface area contributed by atoms with Crippen LogP contribution in [0.2, 0.25) is 0 Å². The second kappa shape index (κ2) is 5.47. The van der Waals surface area contributed by atoms with Gasteiger partial charge in [0.2, 0.25) is 5.91 Å². The number of nitrogens with one attached hydrogen (secondary N) is 1. The lowest BCUT2D eigenvalue weighted by Gasteiger charge is -2.37. The fourth-order valence-electron chi connectivity index (χ4n) is 1.77. The van der Waals surface area contributed by atoms with Crippen LogP contribution in [0.15, 0.2) is 0 Å². The van der Waals surface area contributed by atoms with Gasteiger partial charge in [-0.25, -0.2) is 0 Å². The number of aliphatic hydroxyl groups excluding tert-OH is 1. The highest BCUT2D eigenvalue weighted by Gasteiger charge is 2.34. The molecule has 4 N–H and O–H groups in total. The van der Waals surface area contributed by atoms with Gasteiger partial charge in [0.05, 0.1) is 6.10 Å². The predicted molar refractivity (Wildman–Crippen MR) is 59.3 cm³/mol. The van der Waals surface area contributed by atoms with Crippen LogP contribution in [0.5, 0.6) is 0 Å². The first-order chi connectivity index (χ1) is 7.06. The minimum absolute atomic E-state index is 0.0144. The van der Waals surface area contributed by atoms with Crippen LogP contribution >= 0.6 is 0 Å². The van der Waals surface area contributed by atoms with E-state index in [1.807, 2.05) is 6.92 Å². The molecule has 1 amide bonds. The number of rotatable bonds is 6. The number of nitrogens with two attached hydrogens (primary N) is 1. The summed E-state index contributed by atoms with van der Waals surface area (Å²) < 4.78 is 0. The molecule has 1 aliphatic rings. The van der Waals surface area contributed by atoms with Crippen LogP contribution in [-0.2, 0) is 4.79 Å². The Bertz CT molecular complexity index is 215. The Hall–Kier alpha value is -0.610. The molecule has 0 radical (unpaired) electrons. The van der Waals surface area contributed by atoms with E-state index in [-0.39, 0.29) is 17.6 Å². The van der Waals surface area contributed by atoms with Gasteiger partial charge in [0.25, 0.3) is 0 Å². The Kier molecular flexibility index (Phi) is 4.54. The van der Waals surface area contributed by atoms with Crippen LogP contribution in [0.25, 0.3) is 0 Å². The van der Waals surface area contributed by atoms with E-state index in [1.165, 1.54) is 0 Å². The Morgan fingerprint density at radius 3 is 2.73 bits per heavy atom. The number of carbonyl (C=O) groups excluding carboxylic acids is 1. The van der Waals surface area contributed by atoms with Crippen LogP contribution in [-0.4, -0.2) is 29.2 Å². The number of hydrogen-bond donors (Lipinski definition) is 3.